The molecule has 20 heavy (non-hydrogen) atoms. The second-order valence-corrected chi connectivity index (χ2v) is 5.96. The molecule has 1 heterocycles. The van der Waals surface area contributed by atoms with E-state index in [-0.39, 0.29) is 11.6 Å². The molecule has 0 radical (unpaired) electrons. The number of hydrogen-bond donors (Lipinski definition) is 1. The maximum atomic E-state index is 14.1. The van der Waals surface area contributed by atoms with Gasteiger partial charge in [0, 0.05) is 16.0 Å². The molecule has 3 rings (SSSR count). The molecule has 7 heteroatoms. The molecule has 1 saturated carbocycles. The third-order valence-electron chi connectivity index (χ3n) is 4.04. The van der Waals surface area contributed by atoms with Crippen LogP contribution < -0.4 is 5.73 Å². The van der Waals surface area contributed by atoms with Crippen LogP contribution in [0.1, 0.15) is 18.4 Å². The van der Waals surface area contributed by atoms with Crippen molar-refractivity contribution in [3.8, 4) is 0 Å². The molecule has 1 aliphatic carbocycles. The van der Waals surface area contributed by atoms with Crippen molar-refractivity contribution in [1.29, 1.82) is 0 Å². The van der Waals surface area contributed by atoms with Crippen molar-refractivity contribution in [1.82, 2.24) is 0 Å². The molecule has 0 aromatic heterocycles. The standard InChI is InChI=1S/C13H12BrF3N2O/c14-6-1-3-9(15)8(5-6)13(11(16)17)7-2-4-10(7)20-12(18)19-13/h1,3,5,7,10-11H,2,4H2,(H2,18,19). The fourth-order valence-corrected chi connectivity index (χ4v) is 3.31. The Balaban J connectivity index is 2.22. The van der Waals surface area contributed by atoms with E-state index in [0.29, 0.717) is 17.3 Å². The van der Waals surface area contributed by atoms with Crippen molar-refractivity contribution < 1.29 is 17.9 Å². The van der Waals surface area contributed by atoms with Crippen LogP contribution in [0.2, 0.25) is 0 Å². The first-order valence-electron chi connectivity index (χ1n) is 6.21. The summed E-state index contributed by atoms with van der Waals surface area (Å²) in [4.78, 5) is 3.83. The van der Waals surface area contributed by atoms with E-state index in [1.807, 2.05) is 0 Å². The number of alkyl halides is 2. The van der Waals surface area contributed by atoms with Gasteiger partial charge in [-0.1, -0.05) is 15.9 Å². The highest BCUT2D eigenvalue weighted by Gasteiger charge is 2.59. The zero-order chi connectivity index (χ0) is 14.5. The van der Waals surface area contributed by atoms with Gasteiger partial charge in [0.2, 0.25) is 0 Å². The molecule has 2 aliphatic rings. The van der Waals surface area contributed by atoms with Crippen molar-refractivity contribution in [2.45, 2.75) is 30.9 Å². The Morgan fingerprint density at radius 2 is 2.15 bits per heavy atom. The number of amidine groups is 1. The van der Waals surface area contributed by atoms with E-state index in [2.05, 4.69) is 20.9 Å². The van der Waals surface area contributed by atoms with Crippen LogP contribution in [0, 0.1) is 11.7 Å². The summed E-state index contributed by atoms with van der Waals surface area (Å²) < 4.78 is 47.5. The molecule has 3 unspecified atom stereocenters. The molecule has 1 aromatic rings. The zero-order valence-corrected chi connectivity index (χ0v) is 11.9. The van der Waals surface area contributed by atoms with Crippen molar-refractivity contribution in [2.75, 3.05) is 0 Å². The SMILES string of the molecule is NC1=NC(c2cc(Br)ccc2F)(C(F)F)C2CCC2O1. The van der Waals surface area contributed by atoms with Crippen molar-refractivity contribution in [2.24, 2.45) is 16.6 Å². The van der Waals surface area contributed by atoms with E-state index in [1.165, 1.54) is 12.1 Å². The number of benzene rings is 1. The minimum atomic E-state index is -2.86. The van der Waals surface area contributed by atoms with Crippen molar-refractivity contribution in [3.63, 3.8) is 0 Å². The first kappa shape index (κ1) is 13.7. The molecule has 1 fully saturated rings. The van der Waals surface area contributed by atoms with Crippen LogP contribution in [-0.4, -0.2) is 18.6 Å². The van der Waals surface area contributed by atoms with Gasteiger partial charge in [0.25, 0.3) is 12.4 Å². The highest BCUT2D eigenvalue weighted by molar-refractivity contribution is 9.10. The van der Waals surface area contributed by atoms with Gasteiger partial charge in [-0.15, -0.1) is 0 Å². The van der Waals surface area contributed by atoms with Crippen LogP contribution in [0.15, 0.2) is 27.7 Å². The minimum Gasteiger partial charge on any atom is -0.462 e. The van der Waals surface area contributed by atoms with E-state index in [1.54, 1.807) is 0 Å². The summed E-state index contributed by atoms with van der Waals surface area (Å²) in [5.74, 6) is -1.27. The number of aliphatic imine (C=N–C) groups is 1. The fourth-order valence-electron chi connectivity index (χ4n) is 2.95. The normalized spacial score (nSPS) is 32.1. The lowest BCUT2D eigenvalue weighted by molar-refractivity contribution is -0.0949. The average Bonchev–Trinajstić information content (AvgIpc) is 2.35. The highest BCUT2D eigenvalue weighted by atomic mass is 79.9. The first-order chi connectivity index (χ1) is 9.45. The number of ether oxygens (including phenoxy) is 1. The molecule has 1 aliphatic heterocycles. The Bertz CT molecular complexity index is 581. The summed E-state index contributed by atoms with van der Waals surface area (Å²) in [6.45, 7) is 0. The number of halogens is 4. The summed E-state index contributed by atoms with van der Waals surface area (Å²) in [6.07, 6.45) is -2.13. The van der Waals surface area contributed by atoms with Gasteiger partial charge >= 0.3 is 0 Å². The largest absolute Gasteiger partial charge is 0.462 e. The maximum Gasteiger partial charge on any atom is 0.283 e. The van der Waals surface area contributed by atoms with E-state index in [0.717, 1.165) is 6.07 Å². The number of nitrogens with two attached hydrogens (primary N) is 1. The fraction of sp³-hybridized carbons (Fsp3) is 0.462. The minimum absolute atomic E-state index is 0.136. The Labute approximate surface area is 122 Å². The second kappa shape index (κ2) is 4.65. The third-order valence-corrected chi connectivity index (χ3v) is 4.53. The Morgan fingerprint density at radius 1 is 1.40 bits per heavy atom. The van der Waals surface area contributed by atoms with E-state index in [4.69, 9.17) is 10.5 Å². The van der Waals surface area contributed by atoms with Gasteiger partial charge in [-0.25, -0.2) is 18.2 Å². The molecule has 0 amide bonds. The van der Waals surface area contributed by atoms with Gasteiger partial charge in [0.1, 0.15) is 11.9 Å². The van der Waals surface area contributed by atoms with Crippen LogP contribution in [0.3, 0.4) is 0 Å². The topological polar surface area (TPSA) is 47.6 Å². The van der Waals surface area contributed by atoms with E-state index >= 15 is 0 Å². The number of nitrogens with zero attached hydrogens (tertiary/aromatic N) is 1. The van der Waals surface area contributed by atoms with Gasteiger partial charge in [0.05, 0.1) is 0 Å². The van der Waals surface area contributed by atoms with Crippen LogP contribution in [-0.2, 0) is 10.3 Å². The summed E-state index contributed by atoms with van der Waals surface area (Å²) >= 11 is 3.18. The lowest BCUT2D eigenvalue weighted by Crippen LogP contribution is -2.57. The average molecular weight is 349 g/mol. The van der Waals surface area contributed by atoms with E-state index in [9.17, 15) is 13.2 Å². The monoisotopic (exact) mass is 348 g/mol. The predicted molar refractivity (Wildman–Crippen MR) is 71.0 cm³/mol. The number of fused-ring (bicyclic) bond motifs is 1. The molecule has 0 saturated heterocycles. The van der Waals surface area contributed by atoms with Gasteiger partial charge in [-0.3, -0.25) is 0 Å². The highest BCUT2D eigenvalue weighted by Crippen LogP contribution is 2.53. The third kappa shape index (κ3) is 1.82. The summed E-state index contributed by atoms with van der Waals surface area (Å²) in [7, 11) is 0. The smallest absolute Gasteiger partial charge is 0.283 e. The van der Waals surface area contributed by atoms with Gasteiger partial charge in [-0.05, 0) is 31.0 Å². The molecule has 2 N–H and O–H groups in total. The Kier molecular flexibility index (Phi) is 3.19. The number of hydrogen-bond acceptors (Lipinski definition) is 3. The van der Waals surface area contributed by atoms with Crippen molar-refractivity contribution >= 4 is 22.0 Å². The Morgan fingerprint density at radius 3 is 2.75 bits per heavy atom. The predicted octanol–water partition coefficient (Wildman–Crippen LogP) is 3.17. The van der Waals surface area contributed by atoms with Gasteiger partial charge in [0.15, 0.2) is 5.54 Å². The molecular weight excluding hydrogens is 337 g/mol. The number of rotatable bonds is 2. The summed E-state index contributed by atoms with van der Waals surface area (Å²) in [6, 6.07) is 3.66. The molecule has 3 nitrogen and oxygen atoms in total. The second-order valence-electron chi connectivity index (χ2n) is 5.04. The molecular formula is C13H12BrF3N2O. The Hall–Kier alpha value is -1.24. The zero-order valence-electron chi connectivity index (χ0n) is 10.3. The van der Waals surface area contributed by atoms with Crippen LogP contribution >= 0.6 is 15.9 Å². The molecule has 0 spiro atoms. The quantitative estimate of drug-likeness (QED) is 0.892. The molecule has 108 valence electrons. The van der Waals surface area contributed by atoms with Crippen molar-refractivity contribution in [3.05, 3.63) is 34.1 Å². The van der Waals surface area contributed by atoms with Crippen LogP contribution in [0.5, 0.6) is 0 Å². The molecule has 1 aromatic carbocycles. The van der Waals surface area contributed by atoms with Crippen LogP contribution in [0.25, 0.3) is 0 Å². The summed E-state index contributed by atoms with van der Waals surface area (Å²) in [5, 5.41) is 0. The maximum absolute atomic E-state index is 14.1. The van der Waals surface area contributed by atoms with Crippen LogP contribution in [0.4, 0.5) is 13.2 Å². The lowest BCUT2D eigenvalue weighted by atomic mass is 9.65. The van der Waals surface area contributed by atoms with Gasteiger partial charge < -0.3 is 10.5 Å². The molecule has 3 atom stereocenters. The molecule has 0 bridgehead atoms. The lowest BCUT2D eigenvalue weighted by Gasteiger charge is -2.50. The summed E-state index contributed by atoms with van der Waals surface area (Å²) in [5.41, 5.74) is 3.42. The van der Waals surface area contributed by atoms with Gasteiger partial charge in [-0.2, -0.15) is 0 Å². The van der Waals surface area contributed by atoms with E-state index < -0.39 is 29.8 Å². The first-order valence-corrected chi connectivity index (χ1v) is 7.00.